The minimum atomic E-state index is -0.441. The highest BCUT2D eigenvalue weighted by Gasteiger charge is 2.35. The van der Waals surface area contributed by atoms with Crippen LogP contribution in [0.15, 0.2) is 24.3 Å². The van der Waals surface area contributed by atoms with Gasteiger partial charge < -0.3 is 20.3 Å². The van der Waals surface area contributed by atoms with Crippen molar-refractivity contribution in [2.24, 2.45) is 11.8 Å². The lowest BCUT2D eigenvalue weighted by atomic mass is 9.85. The van der Waals surface area contributed by atoms with Crippen molar-refractivity contribution < 1.29 is 14.3 Å². The molecule has 2 aliphatic heterocycles. The van der Waals surface area contributed by atoms with E-state index >= 15 is 0 Å². The van der Waals surface area contributed by atoms with Crippen LogP contribution in [-0.4, -0.2) is 44.6 Å². The molecule has 2 amide bonds. The second-order valence-electron chi connectivity index (χ2n) is 7.36. The summed E-state index contributed by atoms with van der Waals surface area (Å²) in [6.07, 6.45) is 3.45. The molecule has 27 heavy (non-hydrogen) atoms. The number of methoxy groups -OCH3 is 1. The van der Waals surface area contributed by atoms with Gasteiger partial charge in [-0.25, -0.2) is 0 Å². The van der Waals surface area contributed by atoms with E-state index < -0.39 is 6.04 Å². The number of carbonyl (C=O) groups is 2. The van der Waals surface area contributed by atoms with Gasteiger partial charge >= 0.3 is 0 Å². The molecule has 0 radical (unpaired) electrons. The van der Waals surface area contributed by atoms with Crippen LogP contribution in [-0.2, 0) is 9.59 Å². The first-order valence-electron chi connectivity index (χ1n) is 9.54. The van der Waals surface area contributed by atoms with Crippen molar-refractivity contribution in [1.82, 2.24) is 10.6 Å². The highest BCUT2D eigenvalue weighted by atomic mass is 35.5. The van der Waals surface area contributed by atoms with Gasteiger partial charge in [0.15, 0.2) is 0 Å². The van der Waals surface area contributed by atoms with Crippen LogP contribution in [0.25, 0.3) is 0 Å². The molecule has 6 nitrogen and oxygen atoms in total. The minimum absolute atomic E-state index is 0. The van der Waals surface area contributed by atoms with Gasteiger partial charge in [0.2, 0.25) is 11.8 Å². The van der Waals surface area contributed by atoms with Crippen LogP contribution >= 0.6 is 12.4 Å². The van der Waals surface area contributed by atoms with Crippen LogP contribution in [0, 0.1) is 11.8 Å². The highest BCUT2D eigenvalue weighted by Crippen LogP contribution is 2.31. The van der Waals surface area contributed by atoms with Crippen LogP contribution in [0.5, 0.6) is 5.75 Å². The van der Waals surface area contributed by atoms with Crippen molar-refractivity contribution in [3.8, 4) is 5.75 Å². The van der Waals surface area contributed by atoms with Crippen molar-refractivity contribution >= 4 is 29.9 Å². The van der Waals surface area contributed by atoms with Crippen molar-refractivity contribution in [2.45, 2.75) is 38.6 Å². The number of amides is 2. The zero-order valence-electron chi connectivity index (χ0n) is 16.1. The van der Waals surface area contributed by atoms with Gasteiger partial charge in [-0.05, 0) is 56.3 Å². The molecule has 3 atom stereocenters. The number of anilines is 1. The van der Waals surface area contributed by atoms with Gasteiger partial charge in [0.25, 0.3) is 0 Å². The van der Waals surface area contributed by atoms with Crippen molar-refractivity contribution in [1.29, 1.82) is 0 Å². The molecular formula is C20H30ClN3O3. The van der Waals surface area contributed by atoms with Crippen LogP contribution in [0.4, 0.5) is 5.69 Å². The van der Waals surface area contributed by atoms with E-state index in [1.807, 2.05) is 24.3 Å². The second kappa shape index (κ2) is 9.95. The van der Waals surface area contributed by atoms with Crippen LogP contribution < -0.4 is 20.3 Å². The number of hydrogen-bond acceptors (Lipinski definition) is 4. The van der Waals surface area contributed by atoms with Crippen LogP contribution in [0.3, 0.4) is 0 Å². The number of benzene rings is 1. The molecule has 0 aliphatic carbocycles. The van der Waals surface area contributed by atoms with Gasteiger partial charge in [-0.1, -0.05) is 19.1 Å². The molecule has 2 saturated heterocycles. The number of carbonyl (C=O) groups excluding carboxylic acids is 2. The summed E-state index contributed by atoms with van der Waals surface area (Å²) in [5.41, 5.74) is 0.762. The van der Waals surface area contributed by atoms with Gasteiger partial charge in [-0.2, -0.15) is 0 Å². The average molecular weight is 396 g/mol. The lowest BCUT2D eigenvalue weighted by Crippen LogP contribution is -2.43. The maximum Gasteiger partial charge on any atom is 0.249 e. The Morgan fingerprint density at radius 3 is 2.85 bits per heavy atom. The van der Waals surface area contributed by atoms with Gasteiger partial charge in [-0.15, -0.1) is 12.4 Å². The molecule has 0 aromatic heterocycles. The number of nitrogens with zero attached hydrogens (tertiary/aromatic N) is 1. The average Bonchev–Trinajstić information content (AvgIpc) is 3.02. The molecule has 0 spiro atoms. The largest absolute Gasteiger partial charge is 0.495 e. The molecule has 2 heterocycles. The van der Waals surface area contributed by atoms with Crippen molar-refractivity contribution in [3.63, 3.8) is 0 Å². The molecule has 150 valence electrons. The van der Waals surface area contributed by atoms with Crippen LogP contribution in [0.1, 0.15) is 32.6 Å². The van der Waals surface area contributed by atoms with E-state index in [1.54, 1.807) is 12.0 Å². The van der Waals surface area contributed by atoms with Crippen LogP contribution in [0.2, 0.25) is 0 Å². The quantitative estimate of drug-likeness (QED) is 0.775. The zero-order valence-corrected chi connectivity index (χ0v) is 16.9. The Morgan fingerprint density at radius 1 is 1.37 bits per heavy atom. The number of rotatable bonds is 6. The SMILES string of the molecule is COc1ccccc1N1CCC(NC(=O)CC(C)C2CCCNC2)C1=O.Cl. The Morgan fingerprint density at radius 2 is 2.15 bits per heavy atom. The van der Waals surface area contributed by atoms with Crippen molar-refractivity contribution in [2.75, 3.05) is 31.6 Å². The molecule has 0 bridgehead atoms. The molecule has 1 aromatic rings. The molecule has 2 N–H and O–H groups in total. The predicted octanol–water partition coefficient (Wildman–Crippen LogP) is 2.36. The third kappa shape index (κ3) is 5.14. The van der Waals surface area contributed by atoms with E-state index in [1.165, 1.54) is 12.8 Å². The zero-order chi connectivity index (χ0) is 18.5. The number of nitrogens with one attached hydrogen (secondary N) is 2. The van der Waals surface area contributed by atoms with Gasteiger partial charge in [0, 0.05) is 13.0 Å². The van der Waals surface area contributed by atoms with E-state index in [9.17, 15) is 9.59 Å². The Bertz CT molecular complexity index is 649. The van der Waals surface area contributed by atoms with Gasteiger partial charge in [-0.3, -0.25) is 9.59 Å². The molecule has 2 fully saturated rings. The third-order valence-corrected chi connectivity index (χ3v) is 5.56. The molecular weight excluding hydrogens is 366 g/mol. The Kier molecular flexibility index (Phi) is 7.92. The minimum Gasteiger partial charge on any atom is -0.495 e. The lowest BCUT2D eigenvalue weighted by molar-refractivity contribution is -0.127. The molecule has 2 aliphatic rings. The first-order valence-corrected chi connectivity index (χ1v) is 9.54. The fourth-order valence-corrected chi connectivity index (χ4v) is 3.98. The number of para-hydroxylation sites is 2. The predicted molar refractivity (Wildman–Crippen MR) is 109 cm³/mol. The monoisotopic (exact) mass is 395 g/mol. The maximum atomic E-state index is 12.7. The summed E-state index contributed by atoms with van der Waals surface area (Å²) in [7, 11) is 1.60. The first kappa shape index (κ1) is 21.5. The van der Waals surface area contributed by atoms with E-state index in [-0.39, 0.29) is 24.2 Å². The molecule has 3 rings (SSSR count). The lowest BCUT2D eigenvalue weighted by Gasteiger charge is -2.28. The summed E-state index contributed by atoms with van der Waals surface area (Å²) in [6.45, 7) is 4.78. The first-order chi connectivity index (χ1) is 12.6. The second-order valence-corrected chi connectivity index (χ2v) is 7.36. The summed E-state index contributed by atoms with van der Waals surface area (Å²) in [6, 6.07) is 7.04. The summed E-state index contributed by atoms with van der Waals surface area (Å²) < 4.78 is 5.36. The van der Waals surface area contributed by atoms with E-state index in [0.29, 0.717) is 37.0 Å². The smallest absolute Gasteiger partial charge is 0.249 e. The van der Waals surface area contributed by atoms with Gasteiger partial charge in [0.1, 0.15) is 11.8 Å². The Hall–Kier alpha value is -1.79. The summed E-state index contributed by atoms with van der Waals surface area (Å²) >= 11 is 0. The Balaban J connectivity index is 0.00000261. The fourth-order valence-electron chi connectivity index (χ4n) is 3.98. The van der Waals surface area contributed by atoms with E-state index in [4.69, 9.17) is 4.74 Å². The summed E-state index contributed by atoms with van der Waals surface area (Å²) in [5.74, 6) is 1.45. The number of hydrogen-bond donors (Lipinski definition) is 2. The van der Waals surface area contributed by atoms with Crippen molar-refractivity contribution in [3.05, 3.63) is 24.3 Å². The topological polar surface area (TPSA) is 70.7 Å². The molecule has 7 heteroatoms. The molecule has 1 aromatic carbocycles. The maximum absolute atomic E-state index is 12.7. The number of halogens is 1. The molecule has 0 saturated carbocycles. The fraction of sp³-hybridized carbons (Fsp3) is 0.600. The standard InChI is InChI=1S/C20H29N3O3.ClH/c1-14(15-6-5-10-21-13-15)12-19(24)22-16-9-11-23(20(16)25)17-7-3-4-8-18(17)26-2;/h3-4,7-8,14-16,21H,5-6,9-13H2,1-2H3,(H,22,24);1H. The third-order valence-electron chi connectivity index (χ3n) is 5.56. The van der Waals surface area contributed by atoms with E-state index in [0.717, 1.165) is 18.8 Å². The summed E-state index contributed by atoms with van der Waals surface area (Å²) in [5, 5.41) is 6.34. The van der Waals surface area contributed by atoms with E-state index in [2.05, 4.69) is 17.6 Å². The number of piperidine rings is 1. The number of ether oxygens (including phenoxy) is 1. The Labute approximate surface area is 167 Å². The molecule has 3 unspecified atom stereocenters. The van der Waals surface area contributed by atoms with Gasteiger partial charge in [0.05, 0.1) is 12.8 Å². The normalized spacial score (nSPS) is 23.5. The highest BCUT2D eigenvalue weighted by molar-refractivity contribution is 6.02. The summed E-state index contributed by atoms with van der Waals surface area (Å²) in [4.78, 5) is 26.9.